The van der Waals surface area contributed by atoms with Gasteiger partial charge in [0.05, 0.1) is 5.54 Å². The molecule has 0 spiro atoms. The Balaban J connectivity index is 1.88. The van der Waals surface area contributed by atoms with Crippen LogP contribution in [0.3, 0.4) is 0 Å². The molecule has 104 valence electrons. The van der Waals surface area contributed by atoms with Gasteiger partial charge >= 0.3 is 0 Å². The second-order valence-corrected chi connectivity index (χ2v) is 5.57. The summed E-state index contributed by atoms with van der Waals surface area (Å²) in [7, 11) is 0. The van der Waals surface area contributed by atoms with Crippen LogP contribution < -0.4 is 10.6 Å². The van der Waals surface area contributed by atoms with Gasteiger partial charge in [-0.15, -0.1) is 0 Å². The van der Waals surface area contributed by atoms with E-state index in [9.17, 15) is 4.79 Å². The minimum absolute atomic E-state index is 0.117. The molecule has 1 aliphatic heterocycles. The SMILES string of the molecule is CCc1ccc(CNC(=O)C2(C)CCCCN2)cc1. The van der Waals surface area contributed by atoms with Crippen molar-refractivity contribution in [3.8, 4) is 0 Å². The highest BCUT2D eigenvalue weighted by Crippen LogP contribution is 2.18. The quantitative estimate of drug-likeness (QED) is 0.873. The van der Waals surface area contributed by atoms with Crippen molar-refractivity contribution in [2.24, 2.45) is 0 Å². The minimum Gasteiger partial charge on any atom is -0.350 e. The fourth-order valence-electron chi connectivity index (χ4n) is 2.52. The Morgan fingerprint density at radius 3 is 2.53 bits per heavy atom. The number of piperidine rings is 1. The molecule has 2 N–H and O–H groups in total. The molecule has 19 heavy (non-hydrogen) atoms. The zero-order chi connectivity index (χ0) is 13.7. The van der Waals surface area contributed by atoms with E-state index in [1.165, 1.54) is 12.0 Å². The zero-order valence-electron chi connectivity index (χ0n) is 12.0. The van der Waals surface area contributed by atoms with E-state index in [4.69, 9.17) is 0 Å². The number of amides is 1. The van der Waals surface area contributed by atoms with Gasteiger partial charge in [-0.1, -0.05) is 31.2 Å². The number of carbonyl (C=O) groups excluding carboxylic acids is 1. The molecular formula is C16H24N2O. The molecule has 1 aromatic carbocycles. The minimum atomic E-state index is -0.387. The second-order valence-electron chi connectivity index (χ2n) is 5.57. The molecule has 1 saturated heterocycles. The van der Waals surface area contributed by atoms with Crippen LogP contribution in [0.15, 0.2) is 24.3 Å². The van der Waals surface area contributed by atoms with Gasteiger partial charge in [0, 0.05) is 6.54 Å². The number of carbonyl (C=O) groups is 1. The van der Waals surface area contributed by atoms with Crippen molar-refractivity contribution in [3.05, 3.63) is 35.4 Å². The summed E-state index contributed by atoms with van der Waals surface area (Å²) in [4.78, 5) is 12.2. The highest BCUT2D eigenvalue weighted by atomic mass is 16.2. The van der Waals surface area contributed by atoms with Crippen molar-refractivity contribution in [3.63, 3.8) is 0 Å². The number of aryl methyl sites for hydroxylation is 1. The lowest BCUT2D eigenvalue weighted by Crippen LogP contribution is -2.56. The van der Waals surface area contributed by atoms with E-state index < -0.39 is 0 Å². The van der Waals surface area contributed by atoms with Crippen molar-refractivity contribution in [2.45, 2.75) is 51.6 Å². The number of hydrogen-bond donors (Lipinski definition) is 2. The van der Waals surface area contributed by atoms with Crippen molar-refractivity contribution in [2.75, 3.05) is 6.54 Å². The largest absolute Gasteiger partial charge is 0.350 e. The van der Waals surface area contributed by atoms with E-state index >= 15 is 0 Å². The molecule has 0 aromatic heterocycles. The molecule has 1 amide bonds. The fraction of sp³-hybridized carbons (Fsp3) is 0.562. The van der Waals surface area contributed by atoms with Crippen LogP contribution in [0.1, 0.15) is 44.2 Å². The van der Waals surface area contributed by atoms with Gasteiger partial charge in [0.15, 0.2) is 0 Å². The molecular weight excluding hydrogens is 236 g/mol. The van der Waals surface area contributed by atoms with E-state index in [0.29, 0.717) is 6.54 Å². The maximum absolute atomic E-state index is 12.2. The second kappa shape index (κ2) is 6.20. The Bertz CT molecular complexity index is 419. The molecule has 0 aliphatic carbocycles. The predicted molar refractivity (Wildman–Crippen MR) is 77.9 cm³/mol. The summed E-state index contributed by atoms with van der Waals surface area (Å²) in [6.07, 6.45) is 4.27. The topological polar surface area (TPSA) is 41.1 Å². The first kappa shape index (κ1) is 14.1. The summed E-state index contributed by atoms with van der Waals surface area (Å²) in [5.74, 6) is 0.117. The number of rotatable bonds is 4. The van der Waals surface area contributed by atoms with Gasteiger partial charge in [-0.3, -0.25) is 4.79 Å². The Morgan fingerprint density at radius 2 is 1.95 bits per heavy atom. The molecule has 0 bridgehead atoms. The Hall–Kier alpha value is -1.35. The third-order valence-corrected chi connectivity index (χ3v) is 4.00. The molecule has 1 aromatic rings. The van der Waals surface area contributed by atoms with Gasteiger partial charge in [-0.25, -0.2) is 0 Å². The van der Waals surface area contributed by atoms with Crippen LogP contribution in [0.25, 0.3) is 0 Å². The van der Waals surface area contributed by atoms with E-state index in [1.807, 2.05) is 6.92 Å². The van der Waals surface area contributed by atoms with Crippen molar-refractivity contribution in [1.29, 1.82) is 0 Å². The van der Waals surface area contributed by atoms with E-state index in [0.717, 1.165) is 31.4 Å². The van der Waals surface area contributed by atoms with Gasteiger partial charge in [0.1, 0.15) is 0 Å². The molecule has 1 fully saturated rings. The van der Waals surface area contributed by atoms with Crippen molar-refractivity contribution < 1.29 is 4.79 Å². The van der Waals surface area contributed by atoms with E-state index in [2.05, 4.69) is 41.8 Å². The van der Waals surface area contributed by atoms with Crippen LogP contribution in [-0.2, 0) is 17.8 Å². The third-order valence-electron chi connectivity index (χ3n) is 4.00. The molecule has 0 saturated carbocycles. The lowest BCUT2D eigenvalue weighted by molar-refractivity contribution is -0.128. The molecule has 2 rings (SSSR count). The van der Waals surface area contributed by atoms with Crippen LogP contribution in [0.5, 0.6) is 0 Å². The van der Waals surface area contributed by atoms with Crippen LogP contribution in [0.4, 0.5) is 0 Å². The van der Waals surface area contributed by atoms with Crippen LogP contribution in [0.2, 0.25) is 0 Å². The monoisotopic (exact) mass is 260 g/mol. The van der Waals surface area contributed by atoms with Crippen LogP contribution >= 0.6 is 0 Å². The third kappa shape index (κ3) is 3.57. The lowest BCUT2D eigenvalue weighted by Gasteiger charge is -2.33. The summed E-state index contributed by atoms with van der Waals surface area (Å²) >= 11 is 0. The number of hydrogen-bond acceptors (Lipinski definition) is 2. The Labute approximate surface area is 115 Å². The van der Waals surface area contributed by atoms with E-state index in [1.54, 1.807) is 0 Å². The molecule has 1 heterocycles. The zero-order valence-corrected chi connectivity index (χ0v) is 12.0. The molecule has 3 heteroatoms. The summed E-state index contributed by atoms with van der Waals surface area (Å²) in [6, 6.07) is 8.44. The van der Waals surface area contributed by atoms with Crippen LogP contribution in [-0.4, -0.2) is 18.0 Å². The molecule has 0 radical (unpaired) electrons. The maximum atomic E-state index is 12.2. The highest BCUT2D eigenvalue weighted by Gasteiger charge is 2.33. The molecule has 3 nitrogen and oxygen atoms in total. The normalized spacial score (nSPS) is 23.1. The molecule has 1 unspecified atom stereocenters. The summed E-state index contributed by atoms with van der Waals surface area (Å²) in [6.45, 7) is 5.70. The van der Waals surface area contributed by atoms with Gasteiger partial charge in [-0.05, 0) is 50.3 Å². The van der Waals surface area contributed by atoms with Crippen molar-refractivity contribution >= 4 is 5.91 Å². The van der Waals surface area contributed by atoms with Gasteiger partial charge in [0.2, 0.25) is 5.91 Å². The first-order valence-corrected chi connectivity index (χ1v) is 7.25. The fourth-order valence-corrected chi connectivity index (χ4v) is 2.52. The smallest absolute Gasteiger partial charge is 0.240 e. The van der Waals surface area contributed by atoms with Crippen LogP contribution in [0, 0.1) is 0 Å². The van der Waals surface area contributed by atoms with Gasteiger partial charge in [0.25, 0.3) is 0 Å². The average molecular weight is 260 g/mol. The standard InChI is InChI=1S/C16H24N2O/c1-3-13-6-8-14(9-7-13)12-17-15(19)16(2)10-4-5-11-18-16/h6-9,18H,3-5,10-12H2,1-2H3,(H,17,19). The Kier molecular flexibility index (Phi) is 4.59. The Morgan fingerprint density at radius 1 is 1.26 bits per heavy atom. The number of nitrogens with one attached hydrogen (secondary N) is 2. The lowest BCUT2D eigenvalue weighted by atomic mass is 9.90. The summed E-state index contributed by atoms with van der Waals surface area (Å²) in [5.41, 5.74) is 2.10. The number of benzene rings is 1. The van der Waals surface area contributed by atoms with Gasteiger partial charge in [-0.2, -0.15) is 0 Å². The van der Waals surface area contributed by atoms with E-state index in [-0.39, 0.29) is 11.4 Å². The molecule has 1 aliphatic rings. The van der Waals surface area contributed by atoms with Gasteiger partial charge < -0.3 is 10.6 Å². The highest BCUT2D eigenvalue weighted by molar-refractivity contribution is 5.85. The first-order valence-electron chi connectivity index (χ1n) is 7.25. The van der Waals surface area contributed by atoms with Crippen molar-refractivity contribution in [1.82, 2.24) is 10.6 Å². The average Bonchev–Trinajstić information content (AvgIpc) is 2.46. The maximum Gasteiger partial charge on any atom is 0.240 e. The molecule has 1 atom stereocenters. The predicted octanol–water partition coefficient (Wildman–Crippen LogP) is 2.40. The summed E-state index contributed by atoms with van der Waals surface area (Å²) < 4.78 is 0. The first-order chi connectivity index (χ1) is 9.14. The summed E-state index contributed by atoms with van der Waals surface area (Å²) in [5, 5.41) is 6.38.